The minimum Gasteiger partial charge on any atom is -0.478 e. The average Bonchev–Trinajstić information content (AvgIpc) is 2.37. The fraction of sp³-hybridized carbons (Fsp3) is 0.429. The summed E-state index contributed by atoms with van der Waals surface area (Å²) >= 11 is 0. The summed E-state index contributed by atoms with van der Waals surface area (Å²) in [6.07, 6.45) is 1.58. The fourth-order valence-electron chi connectivity index (χ4n) is 1.47. The van der Waals surface area contributed by atoms with E-state index in [0.29, 0.717) is 6.42 Å². The van der Waals surface area contributed by atoms with Gasteiger partial charge in [0.15, 0.2) is 9.84 Å². The van der Waals surface area contributed by atoms with Crippen LogP contribution >= 0.6 is 0 Å². The first kappa shape index (κ1) is 17.2. The molecule has 0 fully saturated rings. The van der Waals surface area contributed by atoms with Crippen LogP contribution in [-0.4, -0.2) is 31.7 Å². The van der Waals surface area contributed by atoms with Crippen molar-refractivity contribution in [3.05, 3.63) is 23.8 Å². The zero-order valence-corrected chi connectivity index (χ0v) is 13.2. The maximum Gasteiger partial charge on any atom is 0.335 e. The van der Waals surface area contributed by atoms with Crippen molar-refractivity contribution in [1.82, 2.24) is 0 Å². The van der Waals surface area contributed by atoms with E-state index >= 15 is 0 Å². The van der Waals surface area contributed by atoms with Gasteiger partial charge in [-0.3, -0.25) is 4.79 Å². The number of carboxylic acids is 1. The third kappa shape index (κ3) is 4.29. The fourth-order valence-corrected chi connectivity index (χ4v) is 2.15. The van der Waals surface area contributed by atoms with Crippen LogP contribution in [0.4, 0.5) is 5.69 Å². The highest BCUT2D eigenvalue weighted by Gasteiger charge is 2.26. The smallest absolute Gasteiger partial charge is 0.335 e. The lowest BCUT2D eigenvalue weighted by Crippen LogP contribution is -2.30. The Balaban J connectivity index is 3.28. The molecule has 1 rings (SSSR count). The van der Waals surface area contributed by atoms with Crippen LogP contribution in [0.2, 0.25) is 0 Å². The zero-order valence-electron chi connectivity index (χ0n) is 12.4. The molecule has 0 atom stereocenters. The first-order chi connectivity index (χ1) is 9.47. The molecule has 0 saturated carbocycles. The normalized spacial score (nSPS) is 12.0. The molecule has 0 unspecified atom stereocenters. The van der Waals surface area contributed by atoms with Gasteiger partial charge in [-0.1, -0.05) is 20.8 Å². The lowest BCUT2D eigenvalue weighted by atomic mass is 9.89. The van der Waals surface area contributed by atoms with Crippen LogP contribution < -0.4 is 5.32 Å². The number of anilines is 1. The Morgan fingerprint density at radius 1 is 1.24 bits per heavy atom. The van der Waals surface area contributed by atoms with Crippen LogP contribution in [0.15, 0.2) is 23.1 Å². The summed E-state index contributed by atoms with van der Waals surface area (Å²) in [5.41, 5.74) is -0.672. The van der Waals surface area contributed by atoms with Gasteiger partial charge in [0.25, 0.3) is 0 Å². The van der Waals surface area contributed by atoms with E-state index in [4.69, 9.17) is 5.11 Å². The van der Waals surface area contributed by atoms with Crippen molar-refractivity contribution < 1.29 is 23.1 Å². The monoisotopic (exact) mass is 313 g/mol. The third-order valence-corrected chi connectivity index (χ3v) is 4.43. The Kier molecular flexibility index (Phi) is 4.78. The van der Waals surface area contributed by atoms with Crippen LogP contribution in [0.25, 0.3) is 0 Å². The third-order valence-electron chi connectivity index (χ3n) is 3.34. The van der Waals surface area contributed by atoms with E-state index in [1.54, 1.807) is 13.8 Å². The summed E-state index contributed by atoms with van der Waals surface area (Å²) in [6.45, 7) is 5.36. The molecule has 1 aromatic rings. The lowest BCUT2D eigenvalue weighted by molar-refractivity contribution is -0.124. The molecule has 2 N–H and O–H groups in total. The molecule has 0 spiro atoms. The van der Waals surface area contributed by atoms with Crippen LogP contribution in [-0.2, 0) is 14.6 Å². The van der Waals surface area contributed by atoms with Crippen LogP contribution in [0, 0.1) is 5.41 Å². The highest BCUT2D eigenvalue weighted by molar-refractivity contribution is 7.90. The molecule has 0 aliphatic heterocycles. The number of benzene rings is 1. The molecule has 6 nitrogen and oxygen atoms in total. The van der Waals surface area contributed by atoms with Crippen LogP contribution in [0.1, 0.15) is 37.6 Å². The summed E-state index contributed by atoms with van der Waals surface area (Å²) in [4.78, 5) is 23.0. The van der Waals surface area contributed by atoms with Crippen molar-refractivity contribution in [2.75, 3.05) is 11.6 Å². The summed E-state index contributed by atoms with van der Waals surface area (Å²) in [7, 11) is -3.57. The number of hydrogen-bond acceptors (Lipinski definition) is 4. The number of sulfone groups is 1. The highest BCUT2D eigenvalue weighted by Crippen LogP contribution is 2.24. The predicted molar refractivity (Wildman–Crippen MR) is 79.2 cm³/mol. The Labute approximate surface area is 124 Å². The summed E-state index contributed by atoms with van der Waals surface area (Å²) in [5, 5.41) is 11.6. The lowest BCUT2D eigenvalue weighted by Gasteiger charge is -2.21. The first-order valence-corrected chi connectivity index (χ1v) is 8.26. The van der Waals surface area contributed by atoms with Crippen molar-refractivity contribution in [2.45, 2.75) is 32.1 Å². The second kappa shape index (κ2) is 5.85. The second-order valence-electron chi connectivity index (χ2n) is 5.51. The highest BCUT2D eigenvalue weighted by atomic mass is 32.2. The molecule has 0 aromatic heterocycles. The zero-order chi connectivity index (χ0) is 16.4. The van der Waals surface area contributed by atoms with E-state index in [0.717, 1.165) is 12.3 Å². The SMILES string of the molecule is CCC(C)(C)C(=O)Nc1cc(C(=O)O)cc(S(C)(=O)=O)c1. The van der Waals surface area contributed by atoms with E-state index < -0.39 is 21.2 Å². The number of aromatic carboxylic acids is 1. The molecule has 0 radical (unpaired) electrons. The van der Waals surface area contributed by atoms with Gasteiger partial charge in [-0.2, -0.15) is 0 Å². The minimum atomic E-state index is -3.57. The molecule has 116 valence electrons. The first-order valence-electron chi connectivity index (χ1n) is 6.37. The van der Waals surface area contributed by atoms with Gasteiger partial charge in [0.05, 0.1) is 10.5 Å². The number of rotatable bonds is 5. The molecule has 0 aliphatic carbocycles. The number of carboxylic acid groups (broad SMARTS) is 1. The van der Waals surface area contributed by atoms with E-state index in [1.807, 2.05) is 6.92 Å². The van der Waals surface area contributed by atoms with Gasteiger partial charge in [0.2, 0.25) is 5.91 Å². The molecular formula is C14H19NO5S. The van der Waals surface area contributed by atoms with Gasteiger partial charge in [-0.15, -0.1) is 0 Å². The van der Waals surface area contributed by atoms with Gasteiger partial charge in [0.1, 0.15) is 0 Å². The molecule has 0 bridgehead atoms. The van der Waals surface area contributed by atoms with Crippen molar-refractivity contribution in [2.24, 2.45) is 5.41 Å². The van der Waals surface area contributed by atoms with Gasteiger partial charge in [0, 0.05) is 17.4 Å². The maximum atomic E-state index is 12.1. The summed E-state index contributed by atoms with van der Waals surface area (Å²) in [5.74, 6) is -1.56. The van der Waals surface area contributed by atoms with Crippen molar-refractivity contribution >= 4 is 27.4 Å². The molecule has 21 heavy (non-hydrogen) atoms. The molecule has 0 aliphatic rings. The van der Waals surface area contributed by atoms with E-state index in [2.05, 4.69) is 5.32 Å². The number of nitrogens with one attached hydrogen (secondary N) is 1. The molecule has 1 amide bonds. The Morgan fingerprint density at radius 2 is 1.81 bits per heavy atom. The maximum absolute atomic E-state index is 12.1. The second-order valence-corrected chi connectivity index (χ2v) is 7.53. The Morgan fingerprint density at radius 3 is 2.24 bits per heavy atom. The van der Waals surface area contributed by atoms with Gasteiger partial charge in [-0.25, -0.2) is 13.2 Å². The van der Waals surface area contributed by atoms with Crippen LogP contribution in [0.5, 0.6) is 0 Å². The minimum absolute atomic E-state index is 0.146. The standard InChI is InChI=1S/C14H19NO5S/c1-5-14(2,3)13(18)15-10-6-9(12(16)17)7-11(8-10)21(4,19)20/h6-8H,5H2,1-4H3,(H,15,18)(H,16,17). The number of carbonyl (C=O) groups is 2. The summed E-state index contributed by atoms with van der Waals surface area (Å²) in [6, 6.07) is 3.56. The van der Waals surface area contributed by atoms with E-state index in [-0.39, 0.29) is 22.1 Å². The van der Waals surface area contributed by atoms with E-state index in [9.17, 15) is 18.0 Å². The van der Waals surface area contributed by atoms with Gasteiger partial charge < -0.3 is 10.4 Å². The Hall–Kier alpha value is -1.89. The number of hydrogen-bond donors (Lipinski definition) is 2. The topological polar surface area (TPSA) is 101 Å². The molecule has 1 aromatic carbocycles. The van der Waals surface area contributed by atoms with Crippen molar-refractivity contribution in [3.63, 3.8) is 0 Å². The largest absolute Gasteiger partial charge is 0.478 e. The average molecular weight is 313 g/mol. The van der Waals surface area contributed by atoms with E-state index in [1.165, 1.54) is 12.1 Å². The summed E-state index contributed by atoms with van der Waals surface area (Å²) < 4.78 is 23.2. The predicted octanol–water partition coefficient (Wildman–Crippen LogP) is 2.16. The molecule has 0 heterocycles. The molecule has 0 saturated heterocycles. The molecular weight excluding hydrogens is 294 g/mol. The molecule has 7 heteroatoms. The van der Waals surface area contributed by atoms with Gasteiger partial charge >= 0.3 is 5.97 Å². The number of carbonyl (C=O) groups excluding carboxylic acids is 1. The van der Waals surface area contributed by atoms with Crippen molar-refractivity contribution in [3.8, 4) is 0 Å². The van der Waals surface area contributed by atoms with Crippen LogP contribution in [0.3, 0.4) is 0 Å². The Bertz CT molecular complexity index is 677. The quantitative estimate of drug-likeness (QED) is 0.867. The number of amides is 1. The van der Waals surface area contributed by atoms with Gasteiger partial charge in [-0.05, 0) is 24.6 Å². The van der Waals surface area contributed by atoms with Crippen molar-refractivity contribution in [1.29, 1.82) is 0 Å².